The van der Waals surface area contributed by atoms with Gasteiger partial charge in [-0.1, -0.05) is 29.8 Å². The smallest absolute Gasteiger partial charge is 0.126 e. The Labute approximate surface area is 106 Å². The second-order valence-electron chi connectivity index (χ2n) is 4.28. The molecular formula is C15H14ClF. The molecule has 0 spiro atoms. The van der Waals surface area contributed by atoms with Gasteiger partial charge in [-0.25, -0.2) is 4.39 Å². The maximum absolute atomic E-state index is 13.6. The molecule has 0 heterocycles. The molecule has 17 heavy (non-hydrogen) atoms. The van der Waals surface area contributed by atoms with Crippen LogP contribution in [0.4, 0.5) is 4.39 Å². The first-order valence-corrected chi connectivity index (χ1v) is 5.91. The van der Waals surface area contributed by atoms with Crippen LogP contribution in [0.5, 0.6) is 0 Å². The van der Waals surface area contributed by atoms with Gasteiger partial charge in [0, 0.05) is 10.6 Å². The van der Waals surface area contributed by atoms with Gasteiger partial charge >= 0.3 is 0 Å². The zero-order valence-corrected chi connectivity index (χ0v) is 10.9. The summed E-state index contributed by atoms with van der Waals surface area (Å²) in [6, 6.07) is 9.02. The third kappa shape index (κ3) is 2.07. The van der Waals surface area contributed by atoms with E-state index in [0.29, 0.717) is 10.6 Å². The molecule has 0 fully saturated rings. The Morgan fingerprint density at radius 1 is 0.941 bits per heavy atom. The van der Waals surface area contributed by atoms with E-state index in [1.807, 2.05) is 32.0 Å². The van der Waals surface area contributed by atoms with Crippen LogP contribution in [0.25, 0.3) is 11.1 Å². The van der Waals surface area contributed by atoms with Crippen molar-refractivity contribution in [1.82, 2.24) is 0 Å². The van der Waals surface area contributed by atoms with Crippen molar-refractivity contribution < 1.29 is 4.39 Å². The summed E-state index contributed by atoms with van der Waals surface area (Å²) in [5, 5.41) is 0.595. The van der Waals surface area contributed by atoms with Crippen LogP contribution in [-0.2, 0) is 0 Å². The molecule has 0 aromatic heterocycles. The fourth-order valence-electron chi connectivity index (χ4n) is 2.01. The number of halogens is 2. The van der Waals surface area contributed by atoms with Gasteiger partial charge in [-0.2, -0.15) is 0 Å². The van der Waals surface area contributed by atoms with Gasteiger partial charge in [-0.15, -0.1) is 0 Å². The van der Waals surface area contributed by atoms with Crippen LogP contribution in [-0.4, -0.2) is 0 Å². The van der Waals surface area contributed by atoms with Crippen molar-refractivity contribution in [2.24, 2.45) is 0 Å². The van der Waals surface area contributed by atoms with Crippen LogP contribution in [0.1, 0.15) is 16.7 Å². The molecule has 0 saturated carbocycles. The van der Waals surface area contributed by atoms with Gasteiger partial charge < -0.3 is 0 Å². The zero-order chi connectivity index (χ0) is 12.6. The van der Waals surface area contributed by atoms with Gasteiger partial charge in [0.15, 0.2) is 0 Å². The predicted octanol–water partition coefficient (Wildman–Crippen LogP) is 5.07. The average molecular weight is 249 g/mol. The molecule has 0 N–H and O–H groups in total. The van der Waals surface area contributed by atoms with Gasteiger partial charge in [0.2, 0.25) is 0 Å². The number of hydrogen-bond donors (Lipinski definition) is 0. The first kappa shape index (κ1) is 12.1. The topological polar surface area (TPSA) is 0 Å². The highest BCUT2D eigenvalue weighted by Crippen LogP contribution is 2.35. The van der Waals surface area contributed by atoms with E-state index in [4.69, 9.17) is 11.6 Å². The first-order valence-electron chi connectivity index (χ1n) is 5.53. The van der Waals surface area contributed by atoms with Gasteiger partial charge in [0.25, 0.3) is 0 Å². The lowest BCUT2D eigenvalue weighted by molar-refractivity contribution is 0.619. The van der Waals surface area contributed by atoms with E-state index in [-0.39, 0.29) is 5.82 Å². The highest BCUT2D eigenvalue weighted by Gasteiger charge is 2.13. The van der Waals surface area contributed by atoms with Crippen LogP contribution in [0, 0.1) is 26.6 Å². The highest BCUT2D eigenvalue weighted by molar-refractivity contribution is 6.33. The molecule has 0 unspecified atom stereocenters. The van der Waals surface area contributed by atoms with Gasteiger partial charge in [-0.05, 0) is 55.2 Å². The molecule has 0 atom stereocenters. The standard InChI is InChI=1S/C15H14ClF/c1-9-5-4-6-12(10(9)2)15-11(3)14(17)8-7-13(15)16/h4-8H,1-3H3. The zero-order valence-electron chi connectivity index (χ0n) is 10.1. The fraction of sp³-hybridized carbons (Fsp3) is 0.200. The molecule has 0 aliphatic heterocycles. The molecule has 2 heteroatoms. The van der Waals surface area contributed by atoms with E-state index in [0.717, 1.165) is 16.7 Å². The van der Waals surface area contributed by atoms with Crippen molar-refractivity contribution in [2.45, 2.75) is 20.8 Å². The predicted molar refractivity (Wildman–Crippen MR) is 71.1 cm³/mol. The van der Waals surface area contributed by atoms with E-state index >= 15 is 0 Å². The van der Waals surface area contributed by atoms with Crippen LogP contribution >= 0.6 is 11.6 Å². The van der Waals surface area contributed by atoms with Gasteiger partial charge in [-0.3, -0.25) is 0 Å². The molecule has 0 aliphatic carbocycles. The summed E-state index contributed by atoms with van der Waals surface area (Å²) in [6.07, 6.45) is 0. The number of aryl methyl sites for hydroxylation is 1. The molecule has 88 valence electrons. The Morgan fingerprint density at radius 3 is 2.35 bits per heavy atom. The highest BCUT2D eigenvalue weighted by atomic mass is 35.5. The van der Waals surface area contributed by atoms with Crippen molar-refractivity contribution in [3.63, 3.8) is 0 Å². The van der Waals surface area contributed by atoms with Crippen LogP contribution in [0.3, 0.4) is 0 Å². The fourth-order valence-corrected chi connectivity index (χ4v) is 2.31. The molecule has 0 nitrogen and oxygen atoms in total. The van der Waals surface area contributed by atoms with E-state index in [2.05, 4.69) is 0 Å². The molecule has 0 aliphatic rings. The van der Waals surface area contributed by atoms with E-state index in [1.165, 1.54) is 11.6 Å². The normalized spacial score (nSPS) is 10.6. The van der Waals surface area contributed by atoms with Crippen molar-refractivity contribution >= 4 is 11.6 Å². The molecule has 0 bridgehead atoms. The maximum Gasteiger partial charge on any atom is 0.126 e. The lowest BCUT2D eigenvalue weighted by atomic mass is 9.94. The third-order valence-electron chi connectivity index (χ3n) is 3.22. The Balaban J connectivity index is 2.77. The minimum absolute atomic E-state index is 0.217. The molecule has 2 rings (SSSR count). The van der Waals surface area contributed by atoms with Crippen LogP contribution in [0.2, 0.25) is 5.02 Å². The minimum Gasteiger partial charge on any atom is -0.207 e. The molecule has 2 aromatic rings. The number of rotatable bonds is 1. The van der Waals surface area contributed by atoms with Crippen molar-refractivity contribution in [1.29, 1.82) is 0 Å². The monoisotopic (exact) mass is 248 g/mol. The largest absolute Gasteiger partial charge is 0.207 e. The van der Waals surface area contributed by atoms with Crippen LogP contribution in [0.15, 0.2) is 30.3 Å². The quantitative estimate of drug-likeness (QED) is 0.661. The van der Waals surface area contributed by atoms with E-state index in [1.54, 1.807) is 13.0 Å². The summed E-state index contributed by atoms with van der Waals surface area (Å²) in [6.45, 7) is 5.84. The minimum atomic E-state index is -0.217. The molecule has 0 saturated heterocycles. The summed E-state index contributed by atoms with van der Waals surface area (Å²) in [5.41, 5.74) is 4.73. The van der Waals surface area contributed by atoms with Crippen molar-refractivity contribution in [2.75, 3.05) is 0 Å². The third-order valence-corrected chi connectivity index (χ3v) is 3.54. The summed E-state index contributed by atoms with van der Waals surface area (Å²) in [5.74, 6) is -0.217. The summed E-state index contributed by atoms with van der Waals surface area (Å²) < 4.78 is 13.6. The summed E-state index contributed by atoms with van der Waals surface area (Å²) >= 11 is 6.19. The Kier molecular flexibility index (Phi) is 3.21. The maximum atomic E-state index is 13.6. The number of hydrogen-bond acceptors (Lipinski definition) is 0. The van der Waals surface area contributed by atoms with Crippen molar-refractivity contribution in [3.8, 4) is 11.1 Å². The Morgan fingerprint density at radius 2 is 1.65 bits per heavy atom. The number of benzene rings is 2. The van der Waals surface area contributed by atoms with Gasteiger partial charge in [0.05, 0.1) is 0 Å². The Hall–Kier alpha value is -1.34. The van der Waals surface area contributed by atoms with Crippen LogP contribution < -0.4 is 0 Å². The molecule has 0 amide bonds. The van der Waals surface area contributed by atoms with Crippen molar-refractivity contribution in [3.05, 3.63) is 57.9 Å². The SMILES string of the molecule is Cc1cccc(-c2c(Cl)ccc(F)c2C)c1C. The summed E-state index contributed by atoms with van der Waals surface area (Å²) in [7, 11) is 0. The second-order valence-corrected chi connectivity index (χ2v) is 4.68. The average Bonchev–Trinajstić information content (AvgIpc) is 2.30. The van der Waals surface area contributed by atoms with Gasteiger partial charge in [0.1, 0.15) is 5.82 Å². The first-order chi connectivity index (χ1) is 8.02. The summed E-state index contributed by atoms with van der Waals surface area (Å²) in [4.78, 5) is 0. The lowest BCUT2D eigenvalue weighted by Gasteiger charge is -2.13. The van der Waals surface area contributed by atoms with E-state index < -0.39 is 0 Å². The lowest BCUT2D eigenvalue weighted by Crippen LogP contribution is -1.93. The Bertz CT molecular complexity index is 573. The second kappa shape index (κ2) is 4.50. The molecule has 2 aromatic carbocycles. The van der Waals surface area contributed by atoms with E-state index in [9.17, 15) is 4.39 Å². The molecular weight excluding hydrogens is 235 g/mol. The molecule has 0 radical (unpaired) electrons.